The number of hydrogen-bond acceptors (Lipinski definition) is 8. The normalized spacial score (nSPS) is 10.9. The number of nitrogens with zero attached hydrogens (tertiary/aromatic N) is 3. The van der Waals surface area contributed by atoms with E-state index in [4.69, 9.17) is 4.74 Å². The lowest BCUT2D eigenvalue weighted by Gasteiger charge is -2.09. The first-order valence-electron chi connectivity index (χ1n) is 7.17. The predicted molar refractivity (Wildman–Crippen MR) is 99.0 cm³/mol. The van der Waals surface area contributed by atoms with Crippen molar-refractivity contribution in [2.24, 2.45) is 0 Å². The maximum absolute atomic E-state index is 12.4. The minimum atomic E-state index is -3.84. The number of anilines is 1. The number of rotatable bonds is 6. The second-order valence-corrected chi connectivity index (χ2v) is 8.48. The van der Waals surface area contributed by atoms with E-state index in [9.17, 15) is 13.7 Å². The monoisotopic (exact) mass is 404 g/mol. The van der Waals surface area contributed by atoms with E-state index in [2.05, 4.69) is 14.1 Å². The Morgan fingerprint density at radius 3 is 2.81 bits per heavy atom. The van der Waals surface area contributed by atoms with Gasteiger partial charge < -0.3 is 4.74 Å². The summed E-state index contributed by atoms with van der Waals surface area (Å²) in [6.07, 6.45) is 1.26. The van der Waals surface area contributed by atoms with Crippen LogP contribution in [-0.4, -0.2) is 24.9 Å². The number of hydrogen-bond donors (Lipinski definition) is 1. The van der Waals surface area contributed by atoms with Crippen LogP contribution >= 0.6 is 23.3 Å². The van der Waals surface area contributed by atoms with Gasteiger partial charge in [-0.05, 0) is 36.4 Å². The first kappa shape index (κ1) is 18.2. The first-order valence-corrected chi connectivity index (χ1v) is 10.2. The molecule has 0 aliphatic carbocycles. The van der Waals surface area contributed by atoms with Crippen LogP contribution < -0.4 is 9.46 Å². The lowest BCUT2D eigenvalue weighted by atomic mass is 10.2. The summed E-state index contributed by atoms with van der Waals surface area (Å²) in [5, 5.41) is 9.59. The fraction of sp³-hybridized carbons (Fsp3) is 0.0625. The van der Waals surface area contributed by atoms with Gasteiger partial charge in [-0.3, -0.25) is 4.72 Å². The molecule has 0 bridgehead atoms. The lowest BCUT2D eigenvalue weighted by molar-refractivity contribution is 0.413. The molecule has 1 heterocycles. The second kappa shape index (κ2) is 7.74. The van der Waals surface area contributed by atoms with Crippen LogP contribution in [0.25, 0.3) is 0 Å². The zero-order valence-electron chi connectivity index (χ0n) is 13.4. The van der Waals surface area contributed by atoms with E-state index in [0.29, 0.717) is 10.6 Å². The quantitative estimate of drug-likeness (QED) is 0.671. The molecule has 1 aromatic heterocycles. The van der Waals surface area contributed by atoms with Gasteiger partial charge in [-0.25, -0.2) is 13.4 Å². The lowest BCUT2D eigenvalue weighted by Crippen LogP contribution is -2.13. The summed E-state index contributed by atoms with van der Waals surface area (Å²) in [7, 11) is -2.26. The number of aromatic nitrogens is 2. The number of nitrogens with one attached hydrogen (secondary N) is 1. The van der Waals surface area contributed by atoms with Crippen LogP contribution in [-0.2, 0) is 10.0 Å². The molecule has 3 aromatic rings. The third kappa shape index (κ3) is 4.13. The van der Waals surface area contributed by atoms with Gasteiger partial charge in [0, 0.05) is 21.3 Å². The summed E-state index contributed by atoms with van der Waals surface area (Å²) in [5.74, 6) is 0.703. The maximum atomic E-state index is 12.4. The average Bonchev–Trinajstić information content (AvgIpc) is 3.14. The van der Waals surface area contributed by atoms with Gasteiger partial charge in [0.25, 0.3) is 10.0 Å². The van der Waals surface area contributed by atoms with Crippen LogP contribution in [0.3, 0.4) is 0 Å². The van der Waals surface area contributed by atoms with Gasteiger partial charge in [-0.2, -0.15) is 9.64 Å². The molecule has 2 aromatic carbocycles. The highest BCUT2D eigenvalue weighted by molar-refractivity contribution is 7.99. The second-order valence-electron chi connectivity index (χ2n) is 4.90. The Hall–Kier alpha value is -2.61. The molecule has 0 aliphatic rings. The van der Waals surface area contributed by atoms with Crippen molar-refractivity contribution in [3.63, 3.8) is 0 Å². The summed E-state index contributed by atoms with van der Waals surface area (Å²) in [6, 6.07) is 13.8. The highest BCUT2D eigenvalue weighted by Crippen LogP contribution is 2.33. The Morgan fingerprint density at radius 2 is 2.12 bits per heavy atom. The van der Waals surface area contributed by atoms with E-state index >= 15 is 0 Å². The molecular weight excluding hydrogens is 392 g/mol. The minimum absolute atomic E-state index is 0.0146. The molecule has 0 saturated carbocycles. The molecule has 3 rings (SSSR count). The van der Waals surface area contributed by atoms with Gasteiger partial charge in [-0.1, -0.05) is 17.8 Å². The molecule has 0 saturated heterocycles. The number of sulfonamides is 1. The Bertz CT molecular complexity index is 1060. The van der Waals surface area contributed by atoms with E-state index in [1.807, 2.05) is 30.3 Å². The van der Waals surface area contributed by atoms with Crippen LogP contribution in [0.1, 0.15) is 5.56 Å². The Labute approximate surface area is 158 Å². The van der Waals surface area contributed by atoms with Crippen LogP contribution in [0.5, 0.6) is 5.75 Å². The van der Waals surface area contributed by atoms with E-state index < -0.39 is 10.0 Å². The molecule has 0 radical (unpaired) electrons. The van der Waals surface area contributed by atoms with Gasteiger partial charge in [0.15, 0.2) is 0 Å². The van der Waals surface area contributed by atoms with Gasteiger partial charge >= 0.3 is 0 Å². The molecule has 26 heavy (non-hydrogen) atoms. The van der Waals surface area contributed by atoms with Crippen molar-refractivity contribution in [2.45, 2.75) is 14.7 Å². The summed E-state index contributed by atoms with van der Waals surface area (Å²) >= 11 is 2.29. The van der Waals surface area contributed by atoms with Crippen LogP contribution in [0, 0.1) is 11.3 Å². The van der Waals surface area contributed by atoms with Crippen LogP contribution in [0.4, 0.5) is 5.13 Å². The predicted octanol–water partition coefficient (Wildman–Crippen LogP) is 3.37. The zero-order valence-corrected chi connectivity index (χ0v) is 15.9. The molecule has 7 nitrogen and oxygen atoms in total. The van der Waals surface area contributed by atoms with E-state index in [1.165, 1.54) is 30.2 Å². The first-order chi connectivity index (χ1) is 12.5. The Morgan fingerprint density at radius 1 is 1.27 bits per heavy atom. The van der Waals surface area contributed by atoms with Gasteiger partial charge in [0.05, 0.1) is 17.6 Å². The van der Waals surface area contributed by atoms with Crippen molar-refractivity contribution in [3.8, 4) is 11.8 Å². The standard InChI is InChI=1S/C16H12N4O3S3/c1-23-12-3-2-4-13(8-12)24-15-6-5-14(7-11(15)9-17)26(21,22)20-16-18-10-19-25-16/h2-8,10H,1H3,(H,18,19,20). The number of methoxy groups -OCH3 is 1. The van der Waals surface area contributed by atoms with E-state index in [-0.39, 0.29) is 15.6 Å². The molecule has 0 aliphatic heterocycles. The van der Waals surface area contributed by atoms with Crippen LogP contribution in [0.2, 0.25) is 0 Å². The molecule has 1 N–H and O–H groups in total. The summed E-state index contributed by atoms with van der Waals surface area (Å²) in [4.78, 5) is 5.31. The molecule has 0 spiro atoms. The molecular formula is C16H12N4O3S3. The number of ether oxygens (including phenoxy) is 1. The largest absolute Gasteiger partial charge is 0.497 e. The molecule has 0 fully saturated rings. The highest BCUT2D eigenvalue weighted by Gasteiger charge is 2.18. The Kier molecular flexibility index (Phi) is 5.41. The molecule has 0 atom stereocenters. The average molecular weight is 404 g/mol. The van der Waals surface area contributed by atoms with Gasteiger partial charge in [-0.15, -0.1) is 0 Å². The SMILES string of the molecule is COc1cccc(Sc2ccc(S(=O)(=O)Nc3ncns3)cc2C#N)c1. The van der Waals surface area contributed by atoms with Crippen molar-refractivity contribution >= 4 is 38.4 Å². The molecule has 0 amide bonds. The van der Waals surface area contributed by atoms with Crippen molar-refractivity contribution in [2.75, 3.05) is 11.8 Å². The minimum Gasteiger partial charge on any atom is -0.497 e. The van der Waals surface area contributed by atoms with Gasteiger partial charge in [0.2, 0.25) is 5.13 Å². The maximum Gasteiger partial charge on any atom is 0.263 e. The fourth-order valence-corrected chi connectivity index (χ4v) is 4.65. The van der Waals surface area contributed by atoms with Gasteiger partial charge in [0.1, 0.15) is 18.1 Å². The summed E-state index contributed by atoms with van der Waals surface area (Å²) in [5.41, 5.74) is 0.262. The molecule has 10 heteroatoms. The third-order valence-electron chi connectivity index (χ3n) is 3.23. The zero-order chi connectivity index (χ0) is 18.6. The highest BCUT2D eigenvalue weighted by atomic mass is 32.2. The van der Waals surface area contributed by atoms with Crippen molar-refractivity contribution in [3.05, 3.63) is 54.4 Å². The third-order valence-corrected chi connectivity index (χ3v) is 6.35. The Balaban J connectivity index is 1.89. The van der Waals surface area contributed by atoms with Crippen LogP contribution in [0.15, 0.2) is 63.5 Å². The number of nitriles is 1. The van der Waals surface area contributed by atoms with Crippen molar-refractivity contribution < 1.29 is 13.2 Å². The molecule has 0 unspecified atom stereocenters. The van der Waals surface area contributed by atoms with Crippen molar-refractivity contribution in [1.29, 1.82) is 5.26 Å². The van der Waals surface area contributed by atoms with Crippen molar-refractivity contribution in [1.82, 2.24) is 9.36 Å². The summed E-state index contributed by atoms with van der Waals surface area (Å²) in [6.45, 7) is 0. The fourth-order valence-electron chi connectivity index (χ4n) is 2.04. The van der Waals surface area contributed by atoms with E-state index in [0.717, 1.165) is 16.4 Å². The summed E-state index contributed by atoms with van der Waals surface area (Å²) < 4.78 is 36.1. The number of benzene rings is 2. The molecule has 132 valence electrons. The topological polar surface area (TPSA) is 105 Å². The smallest absolute Gasteiger partial charge is 0.263 e. The van der Waals surface area contributed by atoms with E-state index in [1.54, 1.807) is 13.2 Å².